The minimum Gasteiger partial charge on any atom is -0.492 e. The number of para-hydroxylation sites is 2. The fraction of sp³-hybridized carbons (Fsp3) is 0.231. The molecule has 5 nitrogen and oxygen atoms in total. The molecule has 0 aromatic heterocycles. The van der Waals surface area contributed by atoms with Crippen LogP contribution in [0.5, 0.6) is 5.75 Å². The maximum absolute atomic E-state index is 12.9. The van der Waals surface area contributed by atoms with Crippen molar-refractivity contribution in [3.8, 4) is 5.75 Å². The molecule has 166 valence electrons. The SMILES string of the molecule is CCOc1ccccc1NC(=O)C(CC)Sc1cccc(NC(=O)c2cccc(C)c2)c1. The first-order valence-corrected chi connectivity index (χ1v) is 11.6. The van der Waals surface area contributed by atoms with Crippen molar-refractivity contribution in [1.82, 2.24) is 0 Å². The smallest absolute Gasteiger partial charge is 0.255 e. The minimum absolute atomic E-state index is 0.0844. The van der Waals surface area contributed by atoms with Gasteiger partial charge in [0.25, 0.3) is 5.91 Å². The standard InChI is InChI=1S/C26H28N2O3S/c1-4-24(26(30)28-22-14-6-7-15-23(22)31-5-2)32-21-13-9-12-20(17-21)27-25(29)19-11-8-10-18(3)16-19/h6-17,24H,4-5H2,1-3H3,(H,27,29)(H,28,30). The van der Waals surface area contributed by atoms with E-state index in [1.54, 1.807) is 6.07 Å². The summed E-state index contributed by atoms with van der Waals surface area (Å²) in [5.41, 5.74) is 3.00. The van der Waals surface area contributed by atoms with Crippen LogP contribution in [-0.4, -0.2) is 23.7 Å². The zero-order valence-electron chi connectivity index (χ0n) is 18.6. The maximum atomic E-state index is 12.9. The van der Waals surface area contributed by atoms with Crippen LogP contribution in [-0.2, 0) is 4.79 Å². The molecule has 3 aromatic carbocycles. The van der Waals surface area contributed by atoms with Gasteiger partial charge < -0.3 is 15.4 Å². The van der Waals surface area contributed by atoms with Gasteiger partial charge in [-0.25, -0.2) is 0 Å². The molecule has 1 unspecified atom stereocenters. The van der Waals surface area contributed by atoms with Crippen molar-refractivity contribution in [1.29, 1.82) is 0 Å². The number of thioether (sulfide) groups is 1. The number of hydrogen-bond donors (Lipinski definition) is 2. The monoisotopic (exact) mass is 448 g/mol. The zero-order chi connectivity index (χ0) is 22.9. The van der Waals surface area contributed by atoms with Gasteiger partial charge in [0.2, 0.25) is 5.91 Å². The van der Waals surface area contributed by atoms with Gasteiger partial charge in [0, 0.05) is 16.1 Å². The summed E-state index contributed by atoms with van der Waals surface area (Å²) < 4.78 is 5.60. The Morgan fingerprint density at radius 2 is 1.72 bits per heavy atom. The Kier molecular flexibility index (Phi) is 8.34. The Morgan fingerprint density at radius 1 is 0.938 bits per heavy atom. The number of carbonyl (C=O) groups excluding carboxylic acids is 2. The Morgan fingerprint density at radius 3 is 2.47 bits per heavy atom. The second kappa shape index (κ2) is 11.4. The van der Waals surface area contributed by atoms with E-state index in [4.69, 9.17) is 4.74 Å². The minimum atomic E-state index is -0.285. The summed E-state index contributed by atoms with van der Waals surface area (Å²) in [7, 11) is 0. The number of nitrogens with one attached hydrogen (secondary N) is 2. The predicted octanol–water partition coefficient (Wildman–Crippen LogP) is 6.16. The van der Waals surface area contributed by atoms with E-state index in [1.165, 1.54) is 11.8 Å². The van der Waals surface area contributed by atoms with Crippen molar-refractivity contribution in [3.63, 3.8) is 0 Å². The lowest BCUT2D eigenvalue weighted by Crippen LogP contribution is -2.24. The summed E-state index contributed by atoms with van der Waals surface area (Å²) in [6, 6.07) is 22.4. The van der Waals surface area contributed by atoms with Gasteiger partial charge in [-0.05, 0) is 62.7 Å². The van der Waals surface area contributed by atoms with Crippen LogP contribution in [0.2, 0.25) is 0 Å². The summed E-state index contributed by atoms with van der Waals surface area (Å²) in [5.74, 6) is 0.413. The molecule has 0 spiro atoms. The first kappa shape index (κ1) is 23.4. The maximum Gasteiger partial charge on any atom is 0.255 e. The zero-order valence-corrected chi connectivity index (χ0v) is 19.4. The molecule has 0 radical (unpaired) electrons. The van der Waals surface area contributed by atoms with Crippen molar-refractivity contribution in [2.75, 3.05) is 17.2 Å². The first-order valence-electron chi connectivity index (χ1n) is 10.7. The summed E-state index contributed by atoms with van der Waals surface area (Å²) in [4.78, 5) is 26.4. The summed E-state index contributed by atoms with van der Waals surface area (Å²) in [6.45, 7) is 6.37. The highest BCUT2D eigenvalue weighted by atomic mass is 32.2. The van der Waals surface area contributed by atoms with Crippen molar-refractivity contribution >= 4 is 35.0 Å². The van der Waals surface area contributed by atoms with Gasteiger partial charge in [0.1, 0.15) is 5.75 Å². The van der Waals surface area contributed by atoms with E-state index in [0.717, 1.165) is 10.5 Å². The van der Waals surface area contributed by atoms with E-state index in [-0.39, 0.29) is 17.1 Å². The molecule has 3 rings (SSSR count). The second-order valence-corrected chi connectivity index (χ2v) is 8.56. The molecule has 0 heterocycles. The van der Waals surface area contributed by atoms with Gasteiger partial charge in [-0.1, -0.05) is 42.8 Å². The van der Waals surface area contributed by atoms with Gasteiger partial charge in [0.15, 0.2) is 0 Å². The third-order valence-electron chi connectivity index (χ3n) is 4.76. The first-order chi connectivity index (χ1) is 15.5. The van der Waals surface area contributed by atoms with E-state index in [0.29, 0.717) is 35.7 Å². The number of benzene rings is 3. The highest BCUT2D eigenvalue weighted by molar-refractivity contribution is 8.00. The van der Waals surface area contributed by atoms with Gasteiger partial charge in [-0.15, -0.1) is 11.8 Å². The van der Waals surface area contributed by atoms with Crippen LogP contribution in [0.3, 0.4) is 0 Å². The Hall–Kier alpha value is -3.25. The van der Waals surface area contributed by atoms with Crippen LogP contribution in [0.4, 0.5) is 11.4 Å². The lowest BCUT2D eigenvalue weighted by molar-refractivity contribution is -0.115. The summed E-state index contributed by atoms with van der Waals surface area (Å²) in [6.07, 6.45) is 0.660. The molecule has 1 atom stereocenters. The molecule has 0 saturated heterocycles. The quantitative estimate of drug-likeness (QED) is 0.385. The average molecular weight is 449 g/mol. The number of ether oxygens (including phenoxy) is 1. The van der Waals surface area contributed by atoms with Gasteiger partial charge in [-0.2, -0.15) is 0 Å². The molecule has 0 aliphatic rings. The van der Waals surface area contributed by atoms with E-state index >= 15 is 0 Å². The summed E-state index contributed by atoms with van der Waals surface area (Å²) in [5, 5.41) is 5.64. The Labute approximate surface area is 193 Å². The third kappa shape index (κ3) is 6.37. The normalized spacial score (nSPS) is 11.5. The van der Waals surface area contributed by atoms with Gasteiger partial charge in [0.05, 0.1) is 17.5 Å². The number of hydrogen-bond acceptors (Lipinski definition) is 4. The molecule has 0 aliphatic carbocycles. The fourth-order valence-electron chi connectivity index (χ4n) is 3.19. The van der Waals surface area contributed by atoms with Crippen molar-refractivity contribution in [2.24, 2.45) is 0 Å². The van der Waals surface area contributed by atoms with Crippen LogP contribution >= 0.6 is 11.8 Å². The van der Waals surface area contributed by atoms with Crippen molar-refractivity contribution in [3.05, 3.63) is 83.9 Å². The molecule has 6 heteroatoms. The number of carbonyl (C=O) groups is 2. The fourth-order valence-corrected chi connectivity index (χ4v) is 4.20. The lowest BCUT2D eigenvalue weighted by atomic mass is 10.1. The Balaban J connectivity index is 1.68. The average Bonchev–Trinajstić information content (AvgIpc) is 2.79. The lowest BCUT2D eigenvalue weighted by Gasteiger charge is -2.17. The number of anilines is 2. The second-order valence-electron chi connectivity index (χ2n) is 7.28. The number of amides is 2. The molecule has 2 amide bonds. The molecule has 0 saturated carbocycles. The molecule has 32 heavy (non-hydrogen) atoms. The van der Waals surface area contributed by atoms with E-state index in [1.807, 2.05) is 87.5 Å². The van der Waals surface area contributed by atoms with Crippen LogP contribution < -0.4 is 15.4 Å². The van der Waals surface area contributed by atoms with E-state index < -0.39 is 0 Å². The molecule has 0 fully saturated rings. The van der Waals surface area contributed by atoms with Crippen LogP contribution in [0.15, 0.2) is 77.7 Å². The highest BCUT2D eigenvalue weighted by Gasteiger charge is 2.19. The van der Waals surface area contributed by atoms with E-state index in [2.05, 4.69) is 10.6 Å². The van der Waals surface area contributed by atoms with Crippen LogP contribution in [0.25, 0.3) is 0 Å². The summed E-state index contributed by atoms with van der Waals surface area (Å²) >= 11 is 1.47. The van der Waals surface area contributed by atoms with Crippen LogP contribution in [0.1, 0.15) is 36.2 Å². The molecule has 2 N–H and O–H groups in total. The number of rotatable bonds is 9. The molecule has 0 bridgehead atoms. The predicted molar refractivity (Wildman–Crippen MR) is 132 cm³/mol. The van der Waals surface area contributed by atoms with E-state index in [9.17, 15) is 9.59 Å². The van der Waals surface area contributed by atoms with Gasteiger partial charge in [-0.3, -0.25) is 9.59 Å². The highest BCUT2D eigenvalue weighted by Crippen LogP contribution is 2.30. The number of aryl methyl sites for hydroxylation is 1. The third-order valence-corrected chi connectivity index (χ3v) is 6.12. The Bertz CT molecular complexity index is 1080. The largest absolute Gasteiger partial charge is 0.492 e. The molecule has 0 aliphatic heterocycles. The van der Waals surface area contributed by atoms with Crippen molar-refractivity contribution in [2.45, 2.75) is 37.3 Å². The van der Waals surface area contributed by atoms with Crippen LogP contribution in [0, 0.1) is 6.92 Å². The molecular weight excluding hydrogens is 420 g/mol. The molecule has 3 aromatic rings. The van der Waals surface area contributed by atoms with Gasteiger partial charge >= 0.3 is 0 Å². The van der Waals surface area contributed by atoms with Crippen molar-refractivity contribution < 1.29 is 14.3 Å². The topological polar surface area (TPSA) is 67.4 Å². The molecular formula is C26H28N2O3S.